The summed E-state index contributed by atoms with van der Waals surface area (Å²) in [7, 11) is 0. The van der Waals surface area contributed by atoms with Crippen molar-refractivity contribution in [2.75, 3.05) is 4.90 Å². The van der Waals surface area contributed by atoms with Crippen LogP contribution in [0, 0.1) is 0 Å². The molecule has 1 unspecified atom stereocenters. The van der Waals surface area contributed by atoms with E-state index in [0.29, 0.717) is 0 Å². The van der Waals surface area contributed by atoms with Crippen LogP contribution in [0.25, 0.3) is 6.08 Å². The number of anilines is 1. The molecule has 2 aromatic rings. The highest BCUT2D eigenvalue weighted by molar-refractivity contribution is 6.05. The normalized spacial score (nSPS) is 17.4. The largest absolute Gasteiger partial charge is 0.305 e. The van der Waals surface area contributed by atoms with Gasteiger partial charge in [0.05, 0.1) is 0 Å². The Morgan fingerprint density at radius 1 is 1.30 bits per heavy atom. The molecular formula is C17H16N2O. The van der Waals surface area contributed by atoms with E-state index in [4.69, 9.17) is 0 Å². The molecule has 0 saturated heterocycles. The summed E-state index contributed by atoms with van der Waals surface area (Å²) < 4.78 is 0. The fourth-order valence-corrected chi connectivity index (χ4v) is 2.62. The van der Waals surface area contributed by atoms with Crippen LogP contribution in [-0.2, 0) is 11.2 Å². The van der Waals surface area contributed by atoms with Crippen molar-refractivity contribution >= 4 is 17.7 Å². The fourth-order valence-electron chi connectivity index (χ4n) is 2.62. The van der Waals surface area contributed by atoms with Gasteiger partial charge >= 0.3 is 0 Å². The van der Waals surface area contributed by atoms with Crippen molar-refractivity contribution in [3.8, 4) is 0 Å². The lowest BCUT2D eigenvalue weighted by Crippen LogP contribution is -2.34. The Morgan fingerprint density at radius 3 is 2.95 bits per heavy atom. The summed E-state index contributed by atoms with van der Waals surface area (Å²) in [6.07, 6.45) is 7.81. The van der Waals surface area contributed by atoms with Gasteiger partial charge in [-0.3, -0.25) is 9.78 Å². The van der Waals surface area contributed by atoms with E-state index in [0.717, 1.165) is 17.7 Å². The first-order valence-corrected chi connectivity index (χ1v) is 6.75. The Labute approximate surface area is 118 Å². The molecule has 1 aromatic heterocycles. The van der Waals surface area contributed by atoms with Crippen molar-refractivity contribution in [1.29, 1.82) is 0 Å². The maximum absolute atomic E-state index is 12.4. The van der Waals surface area contributed by atoms with Crippen molar-refractivity contribution < 1.29 is 4.79 Å². The third-order valence-electron chi connectivity index (χ3n) is 3.55. The molecule has 0 spiro atoms. The fraction of sp³-hybridized carbons (Fsp3) is 0.176. The van der Waals surface area contributed by atoms with Crippen LogP contribution >= 0.6 is 0 Å². The summed E-state index contributed by atoms with van der Waals surface area (Å²) in [5.74, 6) is 0.0197. The van der Waals surface area contributed by atoms with Crippen LogP contribution in [0.4, 0.5) is 5.69 Å². The highest BCUT2D eigenvalue weighted by Gasteiger charge is 2.28. The molecule has 0 fully saturated rings. The van der Waals surface area contributed by atoms with Gasteiger partial charge in [-0.25, -0.2) is 0 Å². The van der Waals surface area contributed by atoms with E-state index in [1.165, 1.54) is 5.56 Å². The molecule has 2 heterocycles. The Balaban J connectivity index is 1.83. The zero-order valence-electron chi connectivity index (χ0n) is 11.4. The molecule has 0 bridgehead atoms. The number of fused-ring (bicyclic) bond motifs is 1. The number of carbonyl (C=O) groups excluding carboxylic acids is 1. The van der Waals surface area contributed by atoms with E-state index in [-0.39, 0.29) is 11.9 Å². The standard InChI is InChI=1S/C17H16N2O/c1-13-11-15-6-2-3-7-16(15)19(13)17(20)9-8-14-5-4-10-18-12-14/h2-10,12-13H,11H2,1H3/b9-8+. The van der Waals surface area contributed by atoms with E-state index in [2.05, 4.69) is 18.0 Å². The van der Waals surface area contributed by atoms with E-state index in [1.54, 1.807) is 18.5 Å². The first-order valence-electron chi connectivity index (χ1n) is 6.75. The number of amides is 1. The molecule has 0 aliphatic carbocycles. The number of benzene rings is 1. The van der Waals surface area contributed by atoms with Crippen LogP contribution in [0.5, 0.6) is 0 Å². The lowest BCUT2D eigenvalue weighted by molar-refractivity contribution is -0.114. The molecule has 100 valence electrons. The van der Waals surface area contributed by atoms with Crippen LogP contribution in [0.1, 0.15) is 18.1 Å². The zero-order valence-corrected chi connectivity index (χ0v) is 11.4. The molecule has 1 aromatic carbocycles. The van der Waals surface area contributed by atoms with Gasteiger partial charge in [0, 0.05) is 30.2 Å². The van der Waals surface area contributed by atoms with E-state index in [1.807, 2.05) is 41.3 Å². The Kier molecular flexibility index (Phi) is 3.33. The minimum Gasteiger partial charge on any atom is -0.305 e. The molecule has 1 aliphatic heterocycles. The van der Waals surface area contributed by atoms with Crippen molar-refractivity contribution in [3.63, 3.8) is 0 Å². The molecule has 0 radical (unpaired) electrons. The van der Waals surface area contributed by atoms with Crippen molar-refractivity contribution in [1.82, 2.24) is 4.98 Å². The molecule has 3 rings (SSSR count). The second-order valence-corrected chi connectivity index (χ2v) is 5.01. The molecule has 0 saturated carbocycles. The summed E-state index contributed by atoms with van der Waals surface area (Å²) >= 11 is 0. The van der Waals surface area contributed by atoms with Gasteiger partial charge in [-0.1, -0.05) is 24.3 Å². The molecule has 1 amide bonds. The summed E-state index contributed by atoms with van der Waals surface area (Å²) in [6, 6.07) is 12.1. The predicted molar refractivity (Wildman–Crippen MR) is 80.4 cm³/mol. The van der Waals surface area contributed by atoms with Gasteiger partial charge in [0.25, 0.3) is 5.91 Å². The third kappa shape index (κ3) is 2.35. The van der Waals surface area contributed by atoms with Crippen LogP contribution in [0.3, 0.4) is 0 Å². The Morgan fingerprint density at radius 2 is 2.15 bits per heavy atom. The Bertz CT molecular complexity index is 649. The van der Waals surface area contributed by atoms with Crippen molar-refractivity contribution in [2.45, 2.75) is 19.4 Å². The van der Waals surface area contributed by atoms with Crippen molar-refractivity contribution in [3.05, 3.63) is 66.0 Å². The van der Waals surface area contributed by atoms with Gasteiger partial charge in [-0.15, -0.1) is 0 Å². The molecule has 0 N–H and O–H groups in total. The van der Waals surface area contributed by atoms with Gasteiger partial charge in [-0.2, -0.15) is 0 Å². The van der Waals surface area contributed by atoms with Gasteiger partial charge in [0.15, 0.2) is 0 Å². The van der Waals surface area contributed by atoms with Crippen molar-refractivity contribution in [2.24, 2.45) is 0 Å². The summed E-state index contributed by atoms with van der Waals surface area (Å²) in [5, 5.41) is 0. The highest BCUT2D eigenvalue weighted by atomic mass is 16.2. The lowest BCUT2D eigenvalue weighted by Gasteiger charge is -2.20. The number of pyridine rings is 1. The summed E-state index contributed by atoms with van der Waals surface area (Å²) in [6.45, 7) is 2.08. The molecular weight excluding hydrogens is 248 g/mol. The second kappa shape index (κ2) is 5.29. The second-order valence-electron chi connectivity index (χ2n) is 5.01. The van der Waals surface area contributed by atoms with Crippen LogP contribution in [0.15, 0.2) is 54.9 Å². The number of carbonyl (C=O) groups is 1. The van der Waals surface area contributed by atoms with E-state index >= 15 is 0 Å². The first kappa shape index (κ1) is 12.6. The van der Waals surface area contributed by atoms with E-state index in [9.17, 15) is 4.79 Å². The molecule has 20 heavy (non-hydrogen) atoms. The van der Waals surface area contributed by atoms with E-state index < -0.39 is 0 Å². The number of hydrogen-bond donors (Lipinski definition) is 0. The number of hydrogen-bond acceptors (Lipinski definition) is 2. The smallest absolute Gasteiger partial charge is 0.251 e. The average molecular weight is 264 g/mol. The maximum atomic E-state index is 12.4. The van der Waals surface area contributed by atoms with Gasteiger partial charge in [0.1, 0.15) is 0 Å². The quantitative estimate of drug-likeness (QED) is 0.781. The number of rotatable bonds is 2. The van der Waals surface area contributed by atoms with Crippen LogP contribution in [-0.4, -0.2) is 16.9 Å². The lowest BCUT2D eigenvalue weighted by atomic mass is 10.1. The monoisotopic (exact) mass is 264 g/mol. The number of para-hydroxylation sites is 1. The molecule has 1 atom stereocenters. The third-order valence-corrected chi connectivity index (χ3v) is 3.55. The SMILES string of the molecule is CC1Cc2ccccc2N1C(=O)/C=C/c1cccnc1. The van der Waals surface area contributed by atoms with Crippen LogP contribution in [0.2, 0.25) is 0 Å². The minimum absolute atomic E-state index is 0.0197. The number of aromatic nitrogens is 1. The summed E-state index contributed by atoms with van der Waals surface area (Å²) in [5.41, 5.74) is 3.20. The highest BCUT2D eigenvalue weighted by Crippen LogP contribution is 2.31. The molecule has 1 aliphatic rings. The minimum atomic E-state index is 0.0197. The molecule has 3 nitrogen and oxygen atoms in total. The van der Waals surface area contributed by atoms with Crippen LogP contribution < -0.4 is 4.90 Å². The topological polar surface area (TPSA) is 33.2 Å². The maximum Gasteiger partial charge on any atom is 0.251 e. The average Bonchev–Trinajstić information content (AvgIpc) is 2.82. The number of nitrogens with zero attached hydrogens (tertiary/aromatic N) is 2. The predicted octanol–water partition coefficient (Wildman–Crippen LogP) is 3.07. The first-order chi connectivity index (χ1) is 9.75. The zero-order chi connectivity index (χ0) is 13.9. The Hall–Kier alpha value is -2.42. The van der Waals surface area contributed by atoms with Gasteiger partial charge < -0.3 is 4.90 Å². The van der Waals surface area contributed by atoms with Gasteiger partial charge in [-0.05, 0) is 42.7 Å². The molecule has 3 heteroatoms. The summed E-state index contributed by atoms with van der Waals surface area (Å²) in [4.78, 5) is 18.3. The van der Waals surface area contributed by atoms with Gasteiger partial charge in [0.2, 0.25) is 0 Å².